The monoisotopic (exact) mass is 207 g/mol. The van der Waals surface area contributed by atoms with Crippen LogP contribution in [0.3, 0.4) is 0 Å². The van der Waals surface area contributed by atoms with E-state index in [9.17, 15) is 0 Å². The topological polar surface area (TPSA) is 12.0 Å². The summed E-state index contributed by atoms with van der Waals surface area (Å²) in [6.07, 6.45) is 7.09. The standard InChI is InChI=1S/C12H17NS/c1-3-10(4-1)13-12(9-6-7-9)11-5-2-8-14-11/h2,5,8-10,12-13H,1,3-4,6-7H2. The lowest BCUT2D eigenvalue weighted by molar-refractivity contribution is 0.293. The van der Waals surface area contributed by atoms with Gasteiger partial charge in [0, 0.05) is 17.0 Å². The Morgan fingerprint density at radius 3 is 2.64 bits per heavy atom. The quantitative estimate of drug-likeness (QED) is 0.798. The Labute approximate surface area is 89.5 Å². The van der Waals surface area contributed by atoms with Gasteiger partial charge >= 0.3 is 0 Å². The minimum absolute atomic E-state index is 0.681. The van der Waals surface area contributed by atoms with Crippen LogP contribution < -0.4 is 5.32 Å². The molecule has 0 spiro atoms. The van der Waals surface area contributed by atoms with E-state index in [0.717, 1.165) is 12.0 Å². The molecule has 1 atom stereocenters. The number of rotatable bonds is 4. The van der Waals surface area contributed by atoms with Gasteiger partial charge in [0.2, 0.25) is 0 Å². The molecule has 1 N–H and O–H groups in total. The first-order valence-corrected chi connectivity index (χ1v) is 6.61. The maximum atomic E-state index is 3.83. The van der Waals surface area contributed by atoms with Gasteiger partial charge in [0.25, 0.3) is 0 Å². The molecule has 2 saturated carbocycles. The maximum Gasteiger partial charge on any atom is 0.0445 e. The summed E-state index contributed by atoms with van der Waals surface area (Å²) in [6, 6.07) is 5.97. The zero-order valence-electron chi connectivity index (χ0n) is 8.41. The van der Waals surface area contributed by atoms with Gasteiger partial charge in [0.05, 0.1) is 0 Å². The summed E-state index contributed by atoms with van der Waals surface area (Å²) < 4.78 is 0. The summed E-state index contributed by atoms with van der Waals surface area (Å²) in [6.45, 7) is 0. The molecule has 1 aromatic heterocycles. The molecule has 76 valence electrons. The van der Waals surface area contributed by atoms with Crippen LogP contribution in [0.25, 0.3) is 0 Å². The van der Waals surface area contributed by atoms with Crippen LogP contribution in [0.4, 0.5) is 0 Å². The Bertz CT molecular complexity index is 285. The van der Waals surface area contributed by atoms with Crippen LogP contribution in [0.15, 0.2) is 17.5 Å². The fourth-order valence-electron chi connectivity index (χ4n) is 2.18. The van der Waals surface area contributed by atoms with Crippen LogP contribution in [0.2, 0.25) is 0 Å². The van der Waals surface area contributed by atoms with E-state index < -0.39 is 0 Å². The van der Waals surface area contributed by atoms with Crippen molar-refractivity contribution in [3.05, 3.63) is 22.4 Å². The maximum absolute atomic E-state index is 3.83. The van der Waals surface area contributed by atoms with Gasteiger partial charge in [-0.25, -0.2) is 0 Å². The zero-order valence-corrected chi connectivity index (χ0v) is 9.22. The summed E-state index contributed by atoms with van der Waals surface area (Å²) in [4.78, 5) is 1.56. The normalized spacial score (nSPS) is 24.6. The van der Waals surface area contributed by atoms with E-state index in [2.05, 4.69) is 22.8 Å². The third kappa shape index (κ3) is 1.73. The Kier molecular flexibility index (Phi) is 2.34. The van der Waals surface area contributed by atoms with Gasteiger partial charge in [-0.2, -0.15) is 0 Å². The van der Waals surface area contributed by atoms with Crippen LogP contribution in [-0.2, 0) is 0 Å². The molecule has 1 unspecified atom stereocenters. The molecule has 2 aliphatic carbocycles. The van der Waals surface area contributed by atoms with E-state index in [4.69, 9.17) is 0 Å². The molecule has 0 bridgehead atoms. The van der Waals surface area contributed by atoms with Gasteiger partial charge in [-0.15, -0.1) is 11.3 Å². The van der Waals surface area contributed by atoms with Crippen LogP contribution in [0, 0.1) is 5.92 Å². The largest absolute Gasteiger partial charge is 0.306 e. The molecule has 2 fully saturated rings. The molecule has 1 heterocycles. The van der Waals surface area contributed by atoms with E-state index in [0.29, 0.717) is 6.04 Å². The first kappa shape index (κ1) is 8.93. The SMILES string of the molecule is c1csc(C(NC2CCC2)C2CC2)c1. The van der Waals surface area contributed by atoms with Gasteiger partial charge in [-0.1, -0.05) is 12.5 Å². The lowest BCUT2D eigenvalue weighted by atomic mass is 9.91. The Hall–Kier alpha value is -0.340. The van der Waals surface area contributed by atoms with Gasteiger partial charge < -0.3 is 5.32 Å². The minimum Gasteiger partial charge on any atom is -0.306 e. The van der Waals surface area contributed by atoms with Gasteiger partial charge in [0.1, 0.15) is 0 Å². The summed E-state index contributed by atoms with van der Waals surface area (Å²) in [7, 11) is 0. The van der Waals surface area contributed by atoms with Crippen molar-refractivity contribution in [3.63, 3.8) is 0 Å². The molecule has 3 rings (SSSR count). The summed E-state index contributed by atoms with van der Waals surface area (Å²) in [5.41, 5.74) is 0. The first-order chi connectivity index (χ1) is 6.93. The molecular formula is C12H17NS. The lowest BCUT2D eigenvalue weighted by Crippen LogP contribution is -2.38. The minimum atomic E-state index is 0.681. The van der Waals surface area contributed by atoms with Gasteiger partial charge in [-0.05, 0) is 43.0 Å². The number of hydrogen-bond acceptors (Lipinski definition) is 2. The Balaban J connectivity index is 1.69. The zero-order chi connectivity index (χ0) is 9.38. The van der Waals surface area contributed by atoms with Crippen molar-refractivity contribution in [1.29, 1.82) is 0 Å². The average Bonchev–Trinajstić information content (AvgIpc) is 2.79. The summed E-state index contributed by atoms with van der Waals surface area (Å²) in [5.74, 6) is 0.939. The van der Waals surface area contributed by atoms with Crippen LogP contribution in [0.1, 0.15) is 43.0 Å². The Morgan fingerprint density at radius 2 is 2.14 bits per heavy atom. The second-order valence-electron chi connectivity index (χ2n) is 4.63. The number of thiophene rings is 1. The predicted molar refractivity (Wildman–Crippen MR) is 60.6 cm³/mol. The molecule has 0 aliphatic heterocycles. The van der Waals surface area contributed by atoms with Crippen molar-refractivity contribution in [2.45, 2.75) is 44.2 Å². The van der Waals surface area contributed by atoms with Crippen LogP contribution in [-0.4, -0.2) is 6.04 Å². The molecule has 14 heavy (non-hydrogen) atoms. The molecule has 1 nitrogen and oxygen atoms in total. The van der Waals surface area contributed by atoms with Crippen molar-refractivity contribution >= 4 is 11.3 Å². The van der Waals surface area contributed by atoms with E-state index in [1.54, 1.807) is 4.88 Å². The Morgan fingerprint density at radius 1 is 1.29 bits per heavy atom. The average molecular weight is 207 g/mol. The van der Waals surface area contributed by atoms with E-state index in [1.165, 1.54) is 32.1 Å². The van der Waals surface area contributed by atoms with E-state index >= 15 is 0 Å². The first-order valence-electron chi connectivity index (χ1n) is 5.73. The predicted octanol–water partition coefficient (Wildman–Crippen LogP) is 3.34. The highest BCUT2D eigenvalue weighted by atomic mass is 32.1. The highest BCUT2D eigenvalue weighted by Crippen LogP contribution is 2.43. The van der Waals surface area contributed by atoms with Gasteiger partial charge in [-0.3, -0.25) is 0 Å². The highest BCUT2D eigenvalue weighted by molar-refractivity contribution is 7.10. The highest BCUT2D eigenvalue weighted by Gasteiger charge is 2.35. The second kappa shape index (κ2) is 3.67. The molecule has 0 saturated heterocycles. The summed E-state index contributed by atoms with van der Waals surface area (Å²) >= 11 is 1.91. The van der Waals surface area contributed by atoms with E-state index in [1.807, 2.05) is 11.3 Å². The number of hydrogen-bond donors (Lipinski definition) is 1. The molecule has 0 amide bonds. The second-order valence-corrected chi connectivity index (χ2v) is 5.60. The smallest absolute Gasteiger partial charge is 0.0445 e. The molecule has 0 radical (unpaired) electrons. The lowest BCUT2D eigenvalue weighted by Gasteiger charge is -2.31. The van der Waals surface area contributed by atoms with Crippen LogP contribution in [0.5, 0.6) is 0 Å². The molecule has 1 aromatic rings. The van der Waals surface area contributed by atoms with Crippen molar-refractivity contribution in [3.8, 4) is 0 Å². The van der Waals surface area contributed by atoms with Crippen molar-refractivity contribution < 1.29 is 0 Å². The van der Waals surface area contributed by atoms with E-state index in [-0.39, 0.29) is 0 Å². The van der Waals surface area contributed by atoms with Crippen molar-refractivity contribution in [2.75, 3.05) is 0 Å². The molecule has 2 aliphatic rings. The van der Waals surface area contributed by atoms with Crippen molar-refractivity contribution in [2.24, 2.45) is 5.92 Å². The fourth-order valence-corrected chi connectivity index (χ4v) is 3.06. The number of nitrogens with one attached hydrogen (secondary N) is 1. The van der Waals surface area contributed by atoms with Gasteiger partial charge in [0.15, 0.2) is 0 Å². The molecule has 0 aromatic carbocycles. The third-order valence-electron chi connectivity index (χ3n) is 3.46. The molecule has 2 heteroatoms. The third-order valence-corrected chi connectivity index (χ3v) is 4.42. The summed E-state index contributed by atoms with van der Waals surface area (Å²) in [5, 5.41) is 6.03. The molecular weight excluding hydrogens is 190 g/mol. The fraction of sp³-hybridized carbons (Fsp3) is 0.667. The van der Waals surface area contributed by atoms with Crippen molar-refractivity contribution in [1.82, 2.24) is 5.32 Å². The van der Waals surface area contributed by atoms with Crippen LogP contribution >= 0.6 is 11.3 Å².